The van der Waals surface area contributed by atoms with Gasteiger partial charge in [0.2, 0.25) is 6.79 Å². The molecule has 1 N–H and O–H groups in total. The van der Waals surface area contributed by atoms with E-state index in [-0.39, 0.29) is 19.2 Å². The summed E-state index contributed by atoms with van der Waals surface area (Å²) in [4.78, 5) is 8.64. The van der Waals surface area contributed by atoms with Gasteiger partial charge in [-0.05, 0) is 18.2 Å². The molecule has 3 aromatic rings. The van der Waals surface area contributed by atoms with Gasteiger partial charge in [0.15, 0.2) is 23.0 Å². The van der Waals surface area contributed by atoms with Crippen LogP contribution in [-0.2, 0) is 0 Å². The highest BCUT2D eigenvalue weighted by atomic mass is 35.5. The predicted molar refractivity (Wildman–Crippen MR) is 95.7 cm³/mol. The molecule has 0 fully saturated rings. The van der Waals surface area contributed by atoms with Gasteiger partial charge in [-0.2, -0.15) is 0 Å². The minimum absolute atomic E-state index is 0. The summed E-state index contributed by atoms with van der Waals surface area (Å²) in [5.74, 6) is 3.25. The first kappa shape index (κ1) is 16.9. The Hall–Kier alpha value is -2.93. The summed E-state index contributed by atoms with van der Waals surface area (Å²) < 4.78 is 21.6. The first-order chi connectivity index (χ1) is 11.8. The molecule has 25 heavy (non-hydrogen) atoms. The van der Waals surface area contributed by atoms with E-state index in [1.807, 2.05) is 30.3 Å². The van der Waals surface area contributed by atoms with Crippen molar-refractivity contribution in [1.82, 2.24) is 9.97 Å². The molecule has 8 heteroatoms. The van der Waals surface area contributed by atoms with Crippen LogP contribution in [0.25, 0.3) is 10.9 Å². The zero-order valence-electron chi connectivity index (χ0n) is 13.6. The van der Waals surface area contributed by atoms with Crippen molar-refractivity contribution in [2.24, 2.45) is 0 Å². The van der Waals surface area contributed by atoms with Gasteiger partial charge in [-0.15, -0.1) is 12.4 Å². The molecule has 0 bridgehead atoms. The number of nitrogens with one attached hydrogen (secondary N) is 1. The van der Waals surface area contributed by atoms with E-state index in [0.29, 0.717) is 28.8 Å². The molecule has 0 saturated carbocycles. The number of rotatable bonds is 4. The fourth-order valence-corrected chi connectivity index (χ4v) is 2.64. The van der Waals surface area contributed by atoms with Gasteiger partial charge >= 0.3 is 0 Å². The monoisotopic (exact) mass is 361 g/mol. The van der Waals surface area contributed by atoms with Crippen LogP contribution in [0.3, 0.4) is 0 Å². The van der Waals surface area contributed by atoms with E-state index in [9.17, 15) is 0 Å². The van der Waals surface area contributed by atoms with Crippen LogP contribution in [0.5, 0.6) is 23.0 Å². The Kier molecular flexibility index (Phi) is 4.67. The number of nitrogens with zero attached hydrogens (tertiary/aromatic N) is 2. The third kappa shape index (κ3) is 2.94. The Labute approximate surface area is 150 Å². The number of halogens is 1. The number of aromatic nitrogens is 2. The lowest BCUT2D eigenvalue weighted by atomic mass is 10.2. The maximum atomic E-state index is 5.52. The van der Waals surface area contributed by atoms with E-state index in [1.54, 1.807) is 14.2 Å². The van der Waals surface area contributed by atoms with E-state index in [2.05, 4.69) is 15.3 Å². The quantitative estimate of drug-likeness (QED) is 0.761. The van der Waals surface area contributed by atoms with Gasteiger partial charge in [0.25, 0.3) is 0 Å². The second kappa shape index (κ2) is 6.90. The molecule has 0 amide bonds. The normalized spacial score (nSPS) is 11.8. The highest BCUT2D eigenvalue weighted by Crippen LogP contribution is 2.41. The van der Waals surface area contributed by atoms with Crippen molar-refractivity contribution in [3.63, 3.8) is 0 Å². The van der Waals surface area contributed by atoms with Crippen molar-refractivity contribution < 1.29 is 18.9 Å². The third-order valence-electron chi connectivity index (χ3n) is 3.79. The van der Waals surface area contributed by atoms with Crippen LogP contribution in [-0.4, -0.2) is 31.0 Å². The molecule has 0 unspecified atom stereocenters. The number of hydrogen-bond acceptors (Lipinski definition) is 7. The SMILES string of the molecule is COc1cc2ncnc(Nc3cccc4c3OCO4)c2cc1OC.Cl. The predicted octanol–water partition coefficient (Wildman–Crippen LogP) is 3.54. The van der Waals surface area contributed by atoms with Crippen LogP contribution in [0.4, 0.5) is 11.5 Å². The summed E-state index contributed by atoms with van der Waals surface area (Å²) in [6.45, 7) is 0.212. The summed E-state index contributed by atoms with van der Waals surface area (Å²) in [6.07, 6.45) is 1.50. The smallest absolute Gasteiger partial charge is 0.231 e. The number of para-hydroxylation sites is 1. The molecule has 1 aliphatic heterocycles. The zero-order chi connectivity index (χ0) is 16.5. The van der Waals surface area contributed by atoms with Crippen LogP contribution >= 0.6 is 12.4 Å². The minimum Gasteiger partial charge on any atom is -0.493 e. The second-order valence-electron chi connectivity index (χ2n) is 5.11. The molecule has 0 aliphatic carbocycles. The fourth-order valence-electron chi connectivity index (χ4n) is 2.64. The van der Waals surface area contributed by atoms with Crippen molar-refractivity contribution in [3.8, 4) is 23.0 Å². The van der Waals surface area contributed by atoms with E-state index in [1.165, 1.54) is 6.33 Å². The van der Waals surface area contributed by atoms with Gasteiger partial charge in [0.05, 0.1) is 25.4 Å². The van der Waals surface area contributed by atoms with Crippen LogP contribution in [0.1, 0.15) is 0 Å². The molecule has 1 aliphatic rings. The van der Waals surface area contributed by atoms with Gasteiger partial charge in [0, 0.05) is 11.5 Å². The van der Waals surface area contributed by atoms with E-state index < -0.39 is 0 Å². The van der Waals surface area contributed by atoms with E-state index in [4.69, 9.17) is 18.9 Å². The summed E-state index contributed by atoms with van der Waals surface area (Å²) in [6, 6.07) is 9.32. The molecule has 4 rings (SSSR count). The van der Waals surface area contributed by atoms with E-state index >= 15 is 0 Å². The molecular formula is C17H16ClN3O4. The molecule has 7 nitrogen and oxygen atoms in total. The molecule has 0 radical (unpaired) electrons. The van der Waals surface area contributed by atoms with Crippen LogP contribution < -0.4 is 24.3 Å². The lowest BCUT2D eigenvalue weighted by Gasteiger charge is -2.13. The lowest BCUT2D eigenvalue weighted by molar-refractivity contribution is 0.174. The first-order valence-electron chi connectivity index (χ1n) is 7.32. The molecule has 2 heterocycles. The van der Waals surface area contributed by atoms with Gasteiger partial charge in [0.1, 0.15) is 12.1 Å². The van der Waals surface area contributed by atoms with Crippen molar-refractivity contribution >= 4 is 34.8 Å². The molecule has 0 spiro atoms. The summed E-state index contributed by atoms with van der Waals surface area (Å²) in [7, 11) is 3.19. The van der Waals surface area contributed by atoms with Gasteiger partial charge in [-0.1, -0.05) is 6.07 Å². The Morgan fingerprint density at radius 3 is 2.64 bits per heavy atom. The maximum Gasteiger partial charge on any atom is 0.231 e. The van der Waals surface area contributed by atoms with Gasteiger partial charge in [-0.3, -0.25) is 0 Å². The van der Waals surface area contributed by atoms with Crippen molar-refractivity contribution in [2.75, 3.05) is 26.3 Å². The summed E-state index contributed by atoms with van der Waals surface area (Å²) >= 11 is 0. The number of ether oxygens (including phenoxy) is 4. The van der Waals surface area contributed by atoms with Crippen molar-refractivity contribution in [2.45, 2.75) is 0 Å². The number of fused-ring (bicyclic) bond motifs is 2. The molecular weight excluding hydrogens is 346 g/mol. The Morgan fingerprint density at radius 2 is 1.84 bits per heavy atom. The van der Waals surface area contributed by atoms with Gasteiger partial charge < -0.3 is 24.3 Å². The number of hydrogen-bond donors (Lipinski definition) is 1. The standard InChI is InChI=1S/C17H15N3O4.ClH/c1-21-14-6-10-12(7-15(14)22-2)18-8-19-17(10)20-11-4-3-5-13-16(11)24-9-23-13;/h3-8H,9H2,1-2H3,(H,18,19,20);1H. The molecule has 1 aromatic heterocycles. The number of methoxy groups -OCH3 is 2. The Balaban J connectivity index is 0.00000182. The minimum atomic E-state index is 0. The van der Waals surface area contributed by atoms with Gasteiger partial charge in [-0.25, -0.2) is 9.97 Å². The summed E-state index contributed by atoms with van der Waals surface area (Å²) in [5, 5.41) is 4.10. The van der Waals surface area contributed by atoms with Crippen LogP contribution in [0.15, 0.2) is 36.7 Å². The Bertz CT molecular complexity index is 920. The largest absolute Gasteiger partial charge is 0.493 e. The second-order valence-corrected chi connectivity index (χ2v) is 5.11. The topological polar surface area (TPSA) is 74.7 Å². The molecule has 0 saturated heterocycles. The van der Waals surface area contributed by atoms with Crippen LogP contribution in [0.2, 0.25) is 0 Å². The number of anilines is 2. The maximum absolute atomic E-state index is 5.52. The Morgan fingerprint density at radius 1 is 1.04 bits per heavy atom. The highest BCUT2D eigenvalue weighted by molar-refractivity contribution is 5.93. The fraction of sp³-hybridized carbons (Fsp3) is 0.176. The summed E-state index contributed by atoms with van der Waals surface area (Å²) in [5.41, 5.74) is 1.52. The van der Waals surface area contributed by atoms with Crippen LogP contribution in [0, 0.1) is 0 Å². The zero-order valence-corrected chi connectivity index (χ0v) is 14.4. The lowest BCUT2D eigenvalue weighted by Crippen LogP contribution is -1.99. The van der Waals surface area contributed by atoms with E-state index in [0.717, 1.165) is 16.6 Å². The average Bonchev–Trinajstić information content (AvgIpc) is 3.10. The third-order valence-corrected chi connectivity index (χ3v) is 3.79. The van der Waals surface area contributed by atoms with Crippen molar-refractivity contribution in [3.05, 3.63) is 36.7 Å². The molecule has 130 valence electrons. The molecule has 0 atom stereocenters. The molecule has 2 aromatic carbocycles. The number of benzene rings is 2. The first-order valence-corrected chi connectivity index (χ1v) is 7.32. The average molecular weight is 362 g/mol. The van der Waals surface area contributed by atoms with Crippen molar-refractivity contribution in [1.29, 1.82) is 0 Å². The highest BCUT2D eigenvalue weighted by Gasteiger charge is 2.18.